The maximum Gasteiger partial charge on any atom is -0.0295 e. The van der Waals surface area contributed by atoms with Crippen molar-refractivity contribution in [2.75, 3.05) is 0 Å². The Morgan fingerprint density at radius 3 is 2.25 bits per heavy atom. The van der Waals surface area contributed by atoms with E-state index in [2.05, 4.69) is 6.92 Å². The van der Waals surface area contributed by atoms with Gasteiger partial charge in [0.25, 0.3) is 0 Å². The molecule has 3 atom stereocenters. The van der Waals surface area contributed by atoms with Gasteiger partial charge in [0.1, 0.15) is 0 Å². The van der Waals surface area contributed by atoms with E-state index in [9.17, 15) is 0 Å². The smallest absolute Gasteiger partial charge is 0.0295 e. The molecule has 3 unspecified atom stereocenters. The molecule has 16 heavy (non-hydrogen) atoms. The fourth-order valence-corrected chi connectivity index (χ4v) is 5.36. The Morgan fingerprint density at radius 2 is 1.44 bits per heavy atom. The lowest BCUT2D eigenvalue weighted by atomic mass is 9.57. The van der Waals surface area contributed by atoms with Crippen molar-refractivity contribution in [2.24, 2.45) is 23.2 Å². The van der Waals surface area contributed by atoms with Gasteiger partial charge in [0.2, 0.25) is 0 Å². The van der Waals surface area contributed by atoms with Crippen LogP contribution in [0.25, 0.3) is 0 Å². The first-order valence-electron chi connectivity index (χ1n) is 7.80. The molecule has 3 rings (SSSR count). The molecular weight excluding hydrogens is 192 g/mol. The molecule has 0 aromatic carbocycles. The minimum atomic E-state index is 0.751. The molecule has 3 fully saturated rings. The van der Waals surface area contributed by atoms with Gasteiger partial charge in [-0.2, -0.15) is 0 Å². The molecule has 3 aliphatic rings. The first-order chi connectivity index (χ1) is 7.80. The van der Waals surface area contributed by atoms with E-state index in [-0.39, 0.29) is 0 Å². The van der Waals surface area contributed by atoms with Gasteiger partial charge in [-0.25, -0.2) is 0 Å². The molecule has 0 heterocycles. The molecule has 3 aliphatic carbocycles. The third-order valence-corrected chi connectivity index (χ3v) is 6.22. The van der Waals surface area contributed by atoms with Gasteiger partial charge in [0.05, 0.1) is 0 Å². The fourth-order valence-electron chi connectivity index (χ4n) is 5.36. The highest BCUT2D eigenvalue weighted by Gasteiger charge is 2.45. The lowest BCUT2D eigenvalue weighted by Gasteiger charge is -2.48. The van der Waals surface area contributed by atoms with E-state index in [0.29, 0.717) is 0 Å². The summed E-state index contributed by atoms with van der Waals surface area (Å²) in [4.78, 5) is 0. The summed E-state index contributed by atoms with van der Waals surface area (Å²) in [6, 6.07) is 0. The van der Waals surface area contributed by atoms with Crippen LogP contribution in [0, 0.1) is 23.2 Å². The van der Waals surface area contributed by atoms with Crippen LogP contribution < -0.4 is 0 Å². The Bertz CT molecular complexity index is 234. The van der Waals surface area contributed by atoms with E-state index in [1.165, 1.54) is 25.7 Å². The van der Waals surface area contributed by atoms with Gasteiger partial charge in [-0.05, 0) is 48.9 Å². The summed E-state index contributed by atoms with van der Waals surface area (Å²) in [5, 5.41) is 0. The standard InChI is InChI=1S/C16H28/c1-16(11-4-5-12-16)15-10-6-8-13-7-2-3-9-14(13)15/h13-15H,2-12H2,1H3. The summed E-state index contributed by atoms with van der Waals surface area (Å²) in [5.74, 6) is 3.37. The van der Waals surface area contributed by atoms with Crippen molar-refractivity contribution in [2.45, 2.75) is 77.6 Å². The van der Waals surface area contributed by atoms with Crippen LogP contribution in [0.2, 0.25) is 0 Å². The average molecular weight is 220 g/mol. The molecule has 0 nitrogen and oxygen atoms in total. The molecule has 0 aromatic rings. The van der Waals surface area contributed by atoms with Crippen LogP contribution in [-0.4, -0.2) is 0 Å². The van der Waals surface area contributed by atoms with Gasteiger partial charge in [-0.15, -0.1) is 0 Å². The second kappa shape index (κ2) is 4.35. The summed E-state index contributed by atoms with van der Waals surface area (Å²) >= 11 is 0. The van der Waals surface area contributed by atoms with Crippen LogP contribution in [0.5, 0.6) is 0 Å². The molecule has 0 spiro atoms. The van der Waals surface area contributed by atoms with Crippen molar-refractivity contribution in [3.8, 4) is 0 Å². The van der Waals surface area contributed by atoms with Crippen LogP contribution in [0.15, 0.2) is 0 Å². The predicted molar refractivity (Wildman–Crippen MR) is 69.4 cm³/mol. The Balaban J connectivity index is 1.77. The van der Waals surface area contributed by atoms with Crippen LogP contribution in [0.4, 0.5) is 0 Å². The first kappa shape index (κ1) is 11.1. The van der Waals surface area contributed by atoms with Gasteiger partial charge in [0.15, 0.2) is 0 Å². The normalized spacial score (nSPS) is 42.9. The van der Waals surface area contributed by atoms with E-state index in [1.807, 2.05) is 0 Å². The highest BCUT2D eigenvalue weighted by Crippen LogP contribution is 2.55. The molecule has 3 saturated carbocycles. The Labute approximate surface area is 101 Å². The van der Waals surface area contributed by atoms with Gasteiger partial charge in [0, 0.05) is 0 Å². The zero-order chi connectivity index (χ0) is 11.0. The van der Waals surface area contributed by atoms with Gasteiger partial charge in [-0.1, -0.05) is 51.9 Å². The molecule has 0 aromatic heterocycles. The minimum absolute atomic E-state index is 0.751. The molecule has 92 valence electrons. The van der Waals surface area contributed by atoms with Crippen LogP contribution in [-0.2, 0) is 0 Å². The van der Waals surface area contributed by atoms with Crippen LogP contribution in [0.3, 0.4) is 0 Å². The topological polar surface area (TPSA) is 0 Å². The quantitative estimate of drug-likeness (QED) is 0.571. The average Bonchev–Trinajstić information content (AvgIpc) is 2.77. The molecular formula is C16H28. The number of hydrogen-bond donors (Lipinski definition) is 0. The zero-order valence-corrected chi connectivity index (χ0v) is 11.0. The third-order valence-electron chi connectivity index (χ3n) is 6.22. The first-order valence-corrected chi connectivity index (χ1v) is 7.80. The number of fused-ring (bicyclic) bond motifs is 1. The highest BCUT2D eigenvalue weighted by atomic mass is 14.5. The molecule has 0 N–H and O–H groups in total. The number of hydrogen-bond acceptors (Lipinski definition) is 0. The molecule has 0 amide bonds. The van der Waals surface area contributed by atoms with Crippen molar-refractivity contribution in [1.29, 1.82) is 0 Å². The Morgan fingerprint density at radius 1 is 0.750 bits per heavy atom. The van der Waals surface area contributed by atoms with E-state index in [0.717, 1.165) is 23.2 Å². The van der Waals surface area contributed by atoms with Crippen LogP contribution >= 0.6 is 0 Å². The fraction of sp³-hybridized carbons (Fsp3) is 1.00. The number of rotatable bonds is 1. The van der Waals surface area contributed by atoms with Crippen LogP contribution in [0.1, 0.15) is 77.6 Å². The summed E-state index contributed by atoms with van der Waals surface area (Å²) in [7, 11) is 0. The lowest BCUT2D eigenvalue weighted by molar-refractivity contribution is 0.0175. The van der Waals surface area contributed by atoms with E-state index >= 15 is 0 Å². The molecule has 0 aliphatic heterocycles. The van der Waals surface area contributed by atoms with E-state index < -0.39 is 0 Å². The van der Waals surface area contributed by atoms with Crippen molar-refractivity contribution in [3.05, 3.63) is 0 Å². The van der Waals surface area contributed by atoms with Gasteiger partial charge in [-0.3, -0.25) is 0 Å². The summed E-state index contributed by atoms with van der Waals surface area (Å²) < 4.78 is 0. The van der Waals surface area contributed by atoms with E-state index in [1.54, 1.807) is 44.9 Å². The van der Waals surface area contributed by atoms with E-state index in [4.69, 9.17) is 0 Å². The predicted octanol–water partition coefficient (Wildman–Crippen LogP) is 5.17. The lowest BCUT2D eigenvalue weighted by Crippen LogP contribution is -2.39. The second-order valence-corrected chi connectivity index (χ2v) is 7.11. The summed E-state index contributed by atoms with van der Waals surface area (Å²) in [6.07, 6.45) is 17.0. The molecule has 0 saturated heterocycles. The summed E-state index contributed by atoms with van der Waals surface area (Å²) in [6.45, 7) is 2.63. The zero-order valence-electron chi connectivity index (χ0n) is 11.0. The third kappa shape index (κ3) is 1.83. The SMILES string of the molecule is CC1(C2CCCC3CCCCC32)CCCC1. The monoisotopic (exact) mass is 220 g/mol. The van der Waals surface area contributed by atoms with Crippen molar-refractivity contribution < 1.29 is 0 Å². The van der Waals surface area contributed by atoms with Gasteiger partial charge >= 0.3 is 0 Å². The molecule has 0 heteroatoms. The highest BCUT2D eigenvalue weighted by molar-refractivity contribution is 4.95. The van der Waals surface area contributed by atoms with Crippen molar-refractivity contribution >= 4 is 0 Å². The largest absolute Gasteiger partial charge is 0.0594 e. The van der Waals surface area contributed by atoms with Crippen molar-refractivity contribution in [3.63, 3.8) is 0 Å². The Kier molecular flexibility index (Phi) is 3.02. The maximum atomic E-state index is 2.63. The summed E-state index contributed by atoms with van der Waals surface area (Å²) in [5.41, 5.74) is 0.751. The minimum Gasteiger partial charge on any atom is -0.0594 e. The van der Waals surface area contributed by atoms with Gasteiger partial charge < -0.3 is 0 Å². The Hall–Kier alpha value is 0. The second-order valence-electron chi connectivity index (χ2n) is 7.11. The maximum absolute atomic E-state index is 2.63. The molecule has 0 radical (unpaired) electrons. The molecule has 0 bridgehead atoms. The van der Waals surface area contributed by atoms with Crippen molar-refractivity contribution in [1.82, 2.24) is 0 Å².